The summed E-state index contributed by atoms with van der Waals surface area (Å²) in [7, 11) is -3.82. The first kappa shape index (κ1) is 25.9. The van der Waals surface area contributed by atoms with Gasteiger partial charge in [-0.3, -0.25) is 4.57 Å². The van der Waals surface area contributed by atoms with E-state index < -0.39 is 13.4 Å². The van der Waals surface area contributed by atoms with Gasteiger partial charge in [-0.2, -0.15) is 0 Å². The lowest BCUT2D eigenvalue weighted by molar-refractivity contribution is -0.0153. The Morgan fingerprint density at radius 3 is 1.66 bits per heavy atom. The molecule has 0 radical (unpaired) electrons. The van der Waals surface area contributed by atoms with Gasteiger partial charge in [-0.25, -0.2) is 0 Å². The molecule has 2 fully saturated rings. The van der Waals surface area contributed by atoms with E-state index >= 15 is 0 Å². The minimum atomic E-state index is -3.82. The average Bonchev–Trinajstić information content (AvgIpc) is 2.73. The Kier molecular flexibility index (Phi) is 9.06. The molecule has 2 aliphatic rings. The molecule has 0 spiro atoms. The quantitative estimate of drug-likeness (QED) is 0.398. The van der Waals surface area contributed by atoms with E-state index in [0.717, 1.165) is 25.7 Å². The summed E-state index contributed by atoms with van der Waals surface area (Å²) < 4.78 is 27.5. The minimum Gasteiger partial charge on any atom is -0.376 e. The van der Waals surface area contributed by atoms with Crippen LogP contribution >= 0.6 is 7.60 Å². The third-order valence-corrected chi connectivity index (χ3v) is 9.91. The van der Waals surface area contributed by atoms with Crippen LogP contribution in [0.1, 0.15) is 91.5 Å². The first-order chi connectivity index (χ1) is 15.1. The van der Waals surface area contributed by atoms with Crippen LogP contribution < -0.4 is 0 Å². The maximum Gasteiger partial charge on any atom is 0.363 e. The second-order valence-electron chi connectivity index (χ2n) is 11.3. The summed E-state index contributed by atoms with van der Waals surface area (Å²) in [5, 5.41) is 11.4. The highest BCUT2D eigenvalue weighted by Crippen LogP contribution is 2.64. The zero-order valence-electron chi connectivity index (χ0n) is 20.9. The van der Waals surface area contributed by atoms with Gasteiger partial charge in [-0.1, -0.05) is 84.7 Å². The molecule has 0 saturated heterocycles. The van der Waals surface area contributed by atoms with Crippen LogP contribution in [0.25, 0.3) is 0 Å². The molecule has 0 unspecified atom stereocenters. The van der Waals surface area contributed by atoms with Crippen molar-refractivity contribution in [3.05, 3.63) is 35.9 Å². The summed E-state index contributed by atoms with van der Waals surface area (Å²) in [4.78, 5) is 0. The van der Waals surface area contributed by atoms with Crippen LogP contribution in [0.2, 0.25) is 0 Å². The summed E-state index contributed by atoms with van der Waals surface area (Å²) in [6, 6.07) is 9.26. The molecule has 1 aromatic rings. The molecular weight excluding hydrogens is 419 g/mol. The fraction of sp³-hybridized carbons (Fsp3) is 0.778. The van der Waals surface area contributed by atoms with Crippen LogP contribution in [-0.4, -0.2) is 17.3 Å². The highest BCUT2D eigenvalue weighted by atomic mass is 31.2. The molecule has 0 aliphatic heterocycles. The van der Waals surface area contributed by atoms with Crippen molar-refractivity contribution < 1.29 is 18.7 Å². The largest absolute Gasteiger partial charge is 0.376 e. The molecule has 7 atom stereocenters. The van der Waals surface area contributed by atoms with Crippen molar-refractivity contribution in [1.29, 1.82) is 0 Å². The van der Waals surface area contributed by atoms with Gasteiger partial charge < -0.3 is 14.2 Å². The van der Waals surface area contributed by atoms with Crippen LogP contribution in [0.3, 0.4) is 0 Å². The van der Waals surface area contributed by atoms with Crippen LogP contribution in [0.15, 0.2) is 30.3 Å². The van der Waals surface area contributed by atoms with Gasteiger partial charge >= 0.3 is 7.60 Å². The average molecular weight is 465 g/mol. The van der Waals surface area contributed by atoms with Crippen molar-refractivity contribution >= 4 is 7.60 Å². The molecule has 1 N–H and O–H groups in total. The smallest absolute Gasteiger partial charge is 0.363 e. The number of aliphatic hydroxyl groups is 1. The molecule has 1 aromatic carbocycles. The molecule has 4 nitrogen and oxygen atoms in total. The summed E-state index contributed by atoms with van der Waals surface area (Å²) in [5.41, 5.74) is 0.603. The van der Waals surface area contributed by atoms with Crippen LogP contribution in [-0.2, 0) is 13.6 Å². The van der Waals surface area contributed by atoms with Crippen LogP contribution in [0.5, 0.6) is 0 Å². The topological polar surface area (TPSA) is 55.8 Å². The van der Waals surface area contributed by atoms with E-state index in [0.29, 0.717) is 41.1 Å². The summed E-state index contributed by atoms with van der Waals surface area (Å²) >= 11 is 0. The third-order valence-electron chi connectivity index (χ3n) is 7.88. The fourth-order valence-electron chi connectivity index (χ4n) is 5.80. The standard InChI is InChI=1S/C27H45O4P/c1-18(2)23-14-12-20(5)16-25(23)30-32(29,27(28)22-10-8-7-9-11-22)31-26-17-21(6)13-15-24(26)19(3)4/h7-11,18-21,23-28H,12-17H2,1-6H3/t20-,21-,23-,24-,25-,26-,27-/m1/s1. The maximum atomic E-state index is 14.5. The van der Waals surface area contributed by atoms with Gasteiger partial charge in [0.05, 0.1) is 12.2 Å². The van der Waals surface area contributed by atoms with Gasteiger partial charge in [-0.15, -0.1) is 0 Å². The van der Waals surface area contributed by atoms with Gasteiger partial charge in [0.2, 0.25) is 0 Å². The molecule has 3 rings (SSSR count). The van der Waals surface area contributed by atoms with E-state index in [1.165, 1.54) is 12.8 Å². The van der Waals surface area contributed by atoms with E-state index in [9.17, 15) is 9.67 Å². The lowest BCUT2D eigenvalue weighted by Gasteiger charge is -2.42. The zero-order valence-corrected chi connectivity index (χ0v) is 21.8. The summed E-state index contributed by atoms with van der Waals surface area (Å²) in [5.74, 6) is 1.32. The predicted octanol–water partition coefficient (Wildman–Crippen LogP) is 7.83. The van der Waals surface area contributed by atoms with Crippen molar-refractivity contribution in [1.82, 2.24) is 0 Å². The Morgan fingerprint density at radius 1 is 0.812 bits per heavy atom. The Labute approximate surface area is 196 Å². The predicted molar refractivity (Wildman–Crippen MR) is 131 cm³/mol. The van der Waals surface area contributed by atoms with E-state index in [2.05, 4.69) is 41.5 Å². The molecule has 0 bridgehead atoms. The van der Waals surface area contributed by atoms with Gasteiger partial charge in [0, 0.05) is 0 Å². The second-order valence-corrected chi connectivity index (χ2v) is 13.3. The minimum absolute atomic E-state index is 0.151. The molecule has 2 saturated carbocycles. The molecule has 32 heavy (non-hydrogen) atoms. The van der Waals surface area contributed by atoms with Gasteiger partial charge in [0.1, 0.15) is 0 Å². The molecule has 0 aromatic heterocycles. The molecular formula is C27H45O4P. The van der Waals surface area contributed by atoms with Crippen molar-refractivity contribution in [3.63, 3.8) is 0 Å². The van der Waals surface area contributed by atoms with E-state index in [-0.39, 0.29) is 12.2 Å². The van der Waals surface area contributed by atoms with Crippen molar-refractivity contribution in [2.75, 3.05) is 0 Å². The summed E-state index contributed by atoms with van der Waals surface area (Å²) in [6.45, 7) is 13.3. The Hall–Kier alpha value is -0.670. The highest BCUT2D eigenvalue weighted by molar-refractivity contribution is 7.54. The molecule has 5 heteroatoms. The lowest BCUT2D eigenvalue weighted by atomic mass is 9.75. The van der Waals surface area contributed by atoms with Gasteiger partial charge in [0.25, 0.3) is 0 Å². The Morgan fingerprint density at radius 2 is 1.25 bits per heavy atom. The number of hydrogen-bond acceptors (Lipinski definition) is 4. The van der Waals surface area contributed by atoms with E-state index in [1.54, 1.807) is 0 Å². The normalized spacial score (nSPS) is 32.9. The van der Waals surface area contributed by atoms with E-state index in [4.69, 9.17) is 9.05 Å². The lowest BCUT2D eigenvalue weighted by Crippen LogP contribution is -2.37. The van der Waals surface area contributed by atoms with Crippen LogP contribution in [0, 0.1) is 35.5 Å². The molecule has 0 amide bonds. The zero-order chi connectivity index (χ0) is 23.5. The SMILES string of the molecule is CC(C)[C@H]1CC[C@@H](C)C[C@H]1OP(=O)(O[C@@H]1C[C@H](C)CC[C@@H]1C(C)C)[C@@H](O)c1ccccc1. The Bertz CT molecular complexity index is 711. The molecule has 2 aliphatic carbocycles. The number of rotatable bonds is 8. The number of aliphatic hydroxyl groups excluding tert-OH is 1. The van der Waals surface area contributed by atoms with E-state index in [1.807, 2.05) is 30.3 Å². The third kappa shape index (κ3) is 6.26. The maximum absolute atomic E-state index is 14.5. The van der Waals surface area contributed by atoms with Gasteiger partial charge in [-0.05, 0) is 66.8 Å². The number of benzene rings is 1. The van der Waals surface area contributed by atoms with Gasteiger partial charge in [0.15, 0.2) is 5.85 Å². The Balaban J connectivity index is 1.92. The number of hydrogen-bond donors (Lipinski definition) is 1. The van der Waals surface area contributed by atoms with Crippen molar-refractivity contribution in [3.8, 4) is 0 Å². The highest BCUT2D eigenvalue weighted by Gasteiger charge is 2.46. The first-order valence-corrected chi connectivity index (χ1v) is 14.4. The molecule has 0 heterocycles. The second kappa shape index (κ2) is 11.2. The van der Waals surface area contributed by atoms with Crippen molar-refractivity contribution in [2.45, 2.75) is 98.1 Å². The monoisotopic (exact) mass is 464 g/mol. The van der Waals surface area contributed by atoms with Crippen LogP contribution in [0.4, 0.5) is 0 Å². The summed E-state index contributed by atoms with van der Waals surface area (Å²) in [6.07, 6.45) is 5.91. The molecule has 182 valence electrons. The first-order valence-electron chi connectivity index (χ1n) is 12.8. The fourth-order valence-corrected chi connectivity index (χ4v) is 7.85. The van der Waals surface area contributed by atoms with Crippen molar-refractivity contribution in [2.24, 2.45) is 35.5 Å².